The fourth-order valence-corrected chi connectivity index (χ4v) is 3.99. The molecule has 3 rings (SSSR count). The molecule has 1 unspecified atom stereocenters. The van der Waals surface area contributed by atoms with Crippen LogP contribution in [0.3, 0.4) is 0 Å². The molecule has 0 bridgehead atoms. The highest BCUT2D eigenvalue weighted by Crippen LogP contribution is 2.43. The number of ether oxygens (including phenoxy) is 1. The number of Topliss-reactive ketones (excluding diaryl/α,β-unsaturated/α-hetero) is 2. The molecule has 138 valence electrons. The first kappa shape index (κ1) is 19.3. The molecule has 0 aliphatic heterocycles. The number of methoxy groups -OCH3 is 1. The predicted molar refractivity (Wildman–Crippen MR) is 108 cm³/mol. The molecule has 4 heteroatoms. The molecule has 1 fully saturated rings. The van der Waals surface area contributed by atoms with Gasteiger partial charge >= 0.3 is 0 Å². The van der Waals surface area contributed by atoms with E-state index in [1.54, 1.807) is 14.0 Å². The molecule has 0 N–H and O–H groups in total. The van der Waals surface area contributed by atoms with Crippen LogP contribution < -0.4 is 4.74 Å². The molecule has 0 amide bonds. The Kier molecular flexibility index (Phi) is 6.03. The minimum Gasteiger partial charge on any atom is -0.497 e. The molecule has 27 heavy (non-hydrogen) atoms. The summed E-state index contributed by atoms with van der Waals surface area (Å²) in [5.74, 6) is 3.45. The molecule has 3 nitrogen and oxygen atoms in total. The summed E-state index contributed by atoms with van der Waals surface area (Å²) in [6.45, 7) is 1.76. The minimum absolute atomic E-state index is 0.0152. The summed E-state index contributed by atoms with van der Waals surface area (Å²) in [5, 5.41) is 3.12. The Labute approximate surface area is 164 Å². The van der Waals surface area contributed by atoms with E-state index in [0.717, 1.165) is 16.2 Å². The first-order valence-corrected chi connectivity index (χ1v) is 9.80. The van der Waals surface area contributed by atoms with E-state index in [9.17, 15) is 9.59 Å². The monoisotopic (exact) mass is 378 g/mol. The standard InChI is InChI=1S/C23H22O3S/c1-23(21(24)9-6-10-22(23)25)20(17-11-13-18(26-2)14-12-17)15-16-27-19-7-4-3-5-8-19/h3-5,7-8,11-14,20H,6,9-10H2,1-2H3. The van der Waals surface area contributed by atoms with E-state index >= 15 is 0 Å². The second-order valence-electron chi connectivity index (χ2n) is 6.77. The van der Waals surface area contributed by atoms with Gasteiger partial charge in [-0.05, 0) is 60.2 Å². The second kappa shape index (κ2) is 8.45. The van der Waals surface area contributed by atoms with Gasteiger partial charge < -0.3 is 4.74 Å². The van der Waals surface area contributed by atoms with Crippen LogP contribution in [0.4, 0.5) is 0 Å². The van der Waals surface area contributed by atoms with Gasteiger partial charge in [0.25, 0.3) is 0 Å². The van der Waals surface area contributed by atoms with Crippen molar-refractivity contribution in [1.29, 1.82) is 0 Å². The molecule has 0 radical (unpaired) electrons. The topological polar surface area (TPSA) is 43.4 Å². The maximum absolute atomic E-state index is 12.8. The summed E-state index contributed by atoms with van der Waals surface area (Å²) < 4.78 is 5.23. The number of carbonyl (C=O) groups excluding carboxylic acids is 2. The lowest BCUT2D eigenvalue weighted by Gasteiger charge is -2.35. The number of ketones is 2. The van der Waals surface area contributed by atoms with Crippen LogP contribution in [0.25, 0.3) is 0 Å². The molecule has 1 atom stereocenters. The number of benzene rings is 2. The lowest BCUT2D eigenvalue weighted by Crippen LogP contribution is -2.44. The van der Waals surface area contributed by atoms with Crippen LogP contribution in [0.2, 0.25) is 0 Å². The maximum Gasteiger partial charge on any atom is 0.147 e. The van der Waals surface area contributed by atoms with Crippen molar-refractivity contribution in [2.45, 2.75) is 37.0 Å². The summed E-state index contributed by atoms with van der Waals surface area (Å²) in [5.41, 5.74) is -0.236. The second-order valence-corrected chi connectivity index (χ2v) is 7.65. The Morgan fingerprint density at radius 3 is 2.22 bits per heavy atom. The third kappa shape index (κ3) is 4.09. The molecule has 0 spiro atoms. The fourth-order valence-electron chi connectivity index (χ4n) is 3.40. The van der Waals surface area contributed by atoms with Crippen LogP contribution >= 0.6 is 11.8 Å². The van der Waals surface area contributed by atoms with E-state index in [-0.39, 0.29) is 11.6 Å². The van der Waals surface area contributed by atoms with Crippen molar-refractivity contribution < 1.29 is 14.3 Å². The zero-order chi connectivity index (χ0) is 19.3. The SMILES string of the molecule is COc1ccc(C(C#CSc2ccccc2)C2(C)C(=O)CCCC2=O)cc1. The van der Waals surface area contributed by atoms with Gasteiger partial charge in [-0.3, -0.25) is 9.59 Å². The molecule has 0 saturated heterocycles. The van der Waals surface area contributed by atoms with Crippen molar-refractivity contribution in [3.05, 3.63) is 60.2 Å². The first-order valence-electron chi connectivity index (χ1n) is 8.98. The highest BCUT2D eigenvalue weighted by molar-refractivity contribution is 8.03. The van der Waals surface area contributed by atoms with E-state index in [0.29, 0.717) is 19.3 Å². The lowest BCUT2D eigenvalue weighted by molar-refractivity contribution is -0.143. The van der Waals surface area contributed by atoms with Crippen molar-refractivity contribution in [3.63, 3.8) is 0 Å². The van der Waals surface area contributed by atoms with E-state index in [1.165, 1.54) is 11.8 Å². The zero-order valence-corrected chi connectivity index (χ0v) is 16.3. The molecule has 2 aromatic carbocycles. The van der Waals surface area contributed by atoms with Crippen LogP contribution in [0.15, 0.2) is 59.5 Å². The van der Waals surface area contributed by atoms with Gasteiger partial charge in [-0.25, -0.2) is 0 Å². The first-order chi connectivity index (χ1) is 13.1. The van der Waals surface area contributed by atoms with E-state index in [2.05, 4.69) is 11.2 Å². The summed E-state index contributed by atoms with van der Waals surface area (Å²) in [7, 11) is 1.61. The third-order valence-corrected chi connectivity index (χ3v) is 5.84. The molecular weight excluding hydrogens is 356 g/mol. The van der Waals surface area contributed by atoms with Gasteiger partial charge in [0.15, 0.2) is 0 Å². The quantitative estimate of drug-likeness (QED) is 0.433. The van der Waals surface area contributed by atoms with Crippen LogP contribution in [-0.4, -0.2) is 18.7 Å². The average molecular weight is 378 g/mol. The highest BCUT2D eigenvalue weighted by Gasteiger charge is 2.48. The third-order valence-electron chi connectivity index (χ3n) is 5.11. The van der Waals surface area contributed by atoms with Gasteiger partial charge in [-0.2, -0.15) is 0 Å². The molecular formula is C23H22O3S. The maximum atomic E-state index is 12.8. The number of hydrogen-bond acceptors (Lipinski definition) is 4. The van der Waals surface area contributed by atoms with E-state index in [1.807, 2.05) is 54.6 Å². The Balaban J connectivity index is 1.98. The van der Waals surface area contributed by atoms with Crippen LogP contribution in [-0.2, 0) is 9.59 Å². The summed E-state index contributed by atoms with van der Waals surface area (Å²) in [6, 6.07) is 17.3. The molecule has 0 heterocycles. The Morgan fingerprint density at radius 2 is 1.63 bits per heavy atom. The average Bonchev–Trinajstić information content (AvgIpc) is 2.70. The Bertz CT molecular complexity index is 859. The number of hydrogen-bond donors (Lipinski definition) is 0. The van der Waals surface area contributed by atoms with Crippen LogP contribution in [0.5, 0.6) is 5.75 Å². The summed E-state index contributed by atoms with van der Waals surface area (Å²) in [4.78, 5) is 26.6. The minimum atomic E-state index is -1.10. The van der Waals surface area contributed by atoms with Crippen molar-refractivity contribution in [1.82, 2.24) is 0 Å². The number of rotatable bonds is 4. The summed E-state index contributed by atoms with van der Waals surface area (Å²) >= 11 is 1.41. The van der Waals surface area contributed by atoms with Crippen molar-refractivity contribution >= 4 is 23.3 Å². The van der Waals surface area contributed by atoms with E-state index < -0.39 is 11.3 Å². The van der Waals surface area contributed by atoms with E-state index in [4.69, 9.17) is 4.74 Å². The van der Waals surface area contributed by atoms with Crippen molar-refractivity contribution in [2.24, 2.45) is 5.41 Å². The summed E-state index contributed by atoms with van der Waals surface area (Å²) in [6.07, 6.45) is 1.50. The number of thioether (sulfide) groups is 1. The van der Waals surface area contributed by atoms with Gasteiger partial charge in [0.2, 0.25) is 0 Å². The largest absolute Gasteiger partial charge is 0.497 e. The van der Waals surface area contributed by atoms with Crippen LogP contribution in [0.1, 0.15) is 37.7 Å². The van der Waals surface area contributed by atoms with Crippen molar-refractivity contribution in [2.75, 3.05) is 7.11 Å². The van der Waals surface area contributed by atoms with Crippen molar-refractivity contribution in [3.8, 4) is 16.9 Å². The molecule has 2 aromatic rings. The zero-order valence-electron chi connectivity index (χ0n) is 15.5. The predicted octanol–water partition coefficient (Wildman–Crippen LogP) is 4.86. The van der Waals surface area contributed by atoms with Gasteiger partial charge in [0.1, 0.15) is 22.7 Å². The number of carbonyl (C=O) groups is 2. The highest BCUT2D eigenvalue weighted by atomic mass is 32.2. The molecule has 1 aliphatic rings. The van der Waals surface area contributed by atoms with Gasteiger partial charge in [0, 0.05) is 17.7 Å². The van der Waals surface area contributed by atoms with Gasteiger partial charge in [0.05, 0.1) is 13.0 Å². The van der Waals surface area contributed by atoms with Gasteiger partial charge in [-0.1, -0.05) is 36.3 Å². The fraction of sp³-hybridized carbons (Fsp3) is 0.304. The van der Waals surface area contributed by atoms with Crippen LogP contribution in [0, 0.1) is 16.6 Å². The smallest absolute Gasteiger partial charge is 0.147 e. The normalized spacial score (nSPS) is 17.0. The Hall–Kier alpha value is -2.51. The molecule has 1 saturated carbocycles. The Morgan fingerprint density at radius 1 is 1.00 bits per heavy atom. The lowest BCUT2D eigenvalue weighted by atomic mass is 9.64. The van der Waals surface area contributed by atoms with Gasteiger partial charge in [-0.15, -0.1) is 0 Å². The molecule has 1 aliphatic carbocycles. The molecule has 0 aromatic heterocycles.